The van der Waals surface area contributed by atoms with E-state index in [1.54, 1.807) is 0 Å². The van der Waals surface area contributed by atoms with Crippen LogP contribution < -0.4 is 0 Å². The molecule has 0 aliphatic carbocycles. The molecule has 0 fully saturated rings. The van der Waals surface area contributed by atoms with Gasteiger partial charge in [-0.2, -0.15) is 0 Å². The molecule has 0 unspecified atom stereocenters. The summed E-state index contributed by atoms with van der Waals surface area (Å²) < 4.78 is 4.92. The Bertz CT molecular complexity index is 1320. The summed E-state index contributed by atoms with van der Waals surface area (Å²) in [5, 5.41) is 2.74. The van der Waals surface area contributed by atoms with Crippen LogP contribution in [0, 0.1) is 0 Å². The van der Waals surface area contributed by atoms with E-state index in [0.29, 0.717) is 0 Å². The monoisotopic (exact) mass is 348 g/mol. The van der Waals surface area contributed by atoms with Crippen molar-refractivity contribution in [3.8, 4) is 22.5 Å². The molecule has 3 heterocycles. The molecule has 6 rings (SSSR count). The summed E-state index contributed by atoms with van der Waals surface area (Å²) in [6.45, 7) is 1.03. The van der Waals surface area contributed by atoms with Crippen molar-refractivity contribution in [3.63, 3.8) is 0 Å². The van der Waals surface area contributed by atoms with Gasteiger partial charge in [-0.05, 0) is 29.7 Å². The van der Waals surface area contributed by atoms with Gasteiger partial charge >= 0.3 is 0 Å². The van der Waals surface area contributed by atoms with Crippen LogP contribution in [0.5, 0.6) is 0 Å². The Kier molecular flexibility index (Phi) is 2.96. The third-order valence-electron chi connectivity index (χ3n) is 6.05. The van der Waals surface area contributed by atoms with Gasteiger partial charge in [0, 0.05) is 41.0 Å². The fourth-order valence-corrected chi connectivity index (χ4v) is 4.93. The number of hydrogen-bond acceptors (Lipinski definition) is 0. The fraction of sp³-hybridized carbons (Fsp3) is 0.120. The van der Waals surface area contributed by atoms with Crippen molar-refractivity contribution >= 4 is 21.8 Å². The number of benzene rings is 3. The van der Waals surface area contributed by atoms with E-state index in [0.717, 1.165) is 13.0 Å². The van der Waals surface area contributed by atoms with Gasteiger partial charge in [0.05, 0.1) is 11.4 Å². The predicted octanol–water partition coefficient (Wildman–Crippen LogP) is 6.02. The molecule has 2 aromatic heterocycles. The van der Waals surface area contributed by atoms with Gasteiger partial charge in [-0.15, -0.1) is 0 Å². The SMILES string of the molecule is Cn1c2c(c3ccccc31)CCn1c-2c(-c2ccccc2)c2ccccc21. The highest BCUT2D eigenvalue weighted by atomic mass is 15.1. The molecule has 1 aliphatic heterocycles. The largest absolute Gasteiger partial charge is 0.342 e. The Hall–Kier alpha value is -3.26. The second-order valence-corrected chi connectivity index (χ2v) is 7.41. The average Bonchev–Trinajstić information content (AvgIpc) is 3.22. The van der Waals surface area contributed by atoms with E-state index < -0.39 is 0 Å². The van der Waals surface area contributed by atoms with Crippen molar-refractivity contribution in [2.24, 2.45) is 7.05 Å². The second kappa shape index (κ2) is 5.37. The zero-order chi connectivity index (χ0) is 18.0. The van der Waals surface area contributed by atoms with Crippen LogP contribution in [0.2, 0.25) is 0 Å². The van der Waals surface area contributed by atoms with Gasteiger partial charge in [-0.1, -0.05) is 66.7 Å². The molecule has 2 heteroatoms. The van der Waals surface area contributed by atoms with Gasteiger partial charge in [0.15, 0.2) is 0 Å². The summed E-state index contributed by atoms with van der Waals surface area (Å²) in [5.41, 5.74) is 9.53. The number of rotatable bonds is 1. The third kappa shape index (κ3) is 1.90. The summed E-state index contributed by atoms with van der Waals surface area (Å²) in [5.74, 6) is 0. The van der Waals surface area contributed by atoms with E-state index in [4.69, 9.17) is 0 Å². The molecule has 1 aliphatic rings. The molecular formula is C25H20N2. The highest BCUT2D eigenvalue weighted by Crippen LogP contribution is 2.46. The van der Waals surface area contributed by atoms with Crippen LogP contribution in [0.3, 0.4) is 0 Å². The minimum Gasteiger partial charge on any atom is -0.342 e. The van der Waals surface area contributed by atoms with Gasteiger partial charge in [0.25, 0.3) is 0 Å². The minimum absolute atomic E-state index is 1.03. The van der Waals surface area contributed by atoms with Crippen LogP contribution >= 0.6 is 0 Å². The summed E-state index contributed by atoms with van der Waals surface area (Å²) in [4.78, 5) is 0. The van der Waals surface area contributed by atoms with E-state index >= 15 is 0 Å². The van der Waals surface area contributed by atoms with E-state index in [9.17, 15) is 0 Å². The molecule has 0 saturated carbocycles. The lowest BCUT2D eigenvalue weighted by Crippen LogP contribution is -2.12. The maximum absolute atomic E-state index is 2.53. The topological polar surface area (TPSA) is 9.86 Å². The molecular weight excluding hydrogens is 328 g/mol. The standard InChI is InChI=1S/C25H20N2/c1-26-21-13-7-5-11-18(21)19-15-16-27-22-14-8-6-12-20(22)23(25(27)24(19)26)17-9-3-2-4-10-17/h2-14H,15-16H2,1H3. The Labute approximate surface area is 158 Å². The van der Waals surface area contributed by atoms with Crippen molar-refractivity contribution in [2.75, 3.05) is 0 Å². The van der Waals surface area contributed by atoms with E-state index in [1.807, 2.05) is 0 Å². The lowest BCUT2D eigenvalue weighted by atomic mass is 9.96. The molecule has 130 valence electrons. The van der Waals surface area contributed by atoms with Crippen LogP contribution in [0.1, 0.15) is 5.56 Å². The Morgan fingerprint density at radius 1 is 0.667 bits per heavy atom. The van der Waals surface area contributed by atoms with Gasteiger partial charge < -0.3 is 9.13 Å². The average molecular weight is 348 g/mol. The Balaban J connectivity index is 1.82. The molecule has 0 saturated heterocycles. The maximum Gasteiger partial charge on any atom is 0.0741 e. The van der Waals surface area contributed by atoms with Crippen molar-refractivity contribution in [1.29, 1.82) is 0 Å². The van der Waals surface area contributed by atoms with Crippen LogP contribution in [0.25, 0.3) is 44.3 Å². The fourth-order valence-electron chi connectivity index (χ4n) is 4.93. The molecule has 0 N–H and O–H groups in total. The maximum atomic E-state index is 2.53. The van der Waals surface area contributed by atoms with E-state index in [1.165, 1.54) is 49.9 Å². The Morgan fingerprint density at radius 2 is 1.33 bits per heavy atom. The molecule has 2 nitrogen and oxygen atoms in total. The summed E-state index contributed by atoms with van der Waals surface area (Å²) in [6, 6.07) is 28.5. The quantitative estimate of drug-likeness (QED) is 0.350. The van der Waals surface area contributed by atoms with Crippen molar-refractivity contribution in [2.45, 2.75) is 13.0 Å². The molecule has 0 radical (unpaired) electrons. The number of nitrogens with zero attached hydrogens (tertiary/aromatic N) is 2. The first-order chi connectivity index (χ1) is 13.3. The second-order valence-electron chi connectivity index (χ2n) is 7.41. The summed E-state index contributed by atoms with van der Waals surface area (Å²) in [7, 11) is 2.21. The number of hydrogen-bond donors (Lipinski definition) is 0. The highest BCUT2D eigenvalue weighted by Gasteiger charge is 2.28. The number of fused-ring (bicyclic) bond motifs is 7. The van der Waals surface area contributed by atoms with E-state index in [-0.39, 0.29) is 0 Å². The van der Waals surface area contributed by atoms with Gasteiger partial charge in [0.2, 0.25) is 0 Å². The third-order valence-corrected chi connectivity index (χ3v) is 6.05. The summed E-state index contributed by atoms with van der Waals surface area (Å²) in [6.07, 6.45) is 1.08. The van der Waals surface area contributed by atoms with Crippen molar-refractivity contribution < 1.29 is 0 Å². The van der Waals surface area contributed by atoms with Gasteiger partial charge in [0.1, 0.15) is 0 Å². The van der Waals surface area contributed by atoms with Crippen LogP contribution in [0.4, 0.5) is 0 Å². The molecule has 0 spiro atoms. The van der Waals surface area contributed by atoms with Crippen LogP contribution in [-0.4, -0.2) is 9.13 Å². The van der Waals surface area contributed by atoms with Crippen molar-refractivity contribution in [1.82, 2.24) is 9.13 Å². The number of aromatic nitrogens is 2. The Morgan fingerprint density at radius 3 is 2.15 bits per heavy atom. The molecule has 27 heavy (non-hydrogen) atoms. The van der Waals surface area contributed by atoms with Gasteiger partial charge in [-0.25, -0.2) is 0 Å². The zero-order valence-electron chi connectivity index (χ0n) is 15.3. The van der Waals surface area contributed by atoms with Gasteiger partial charge in [-0.3, -0.25) is 0 Å². The lowest BCUT2D eigenvalue weighted by Gasteiger charge is -2.20. The minimum atomic E-state index is 1.03. The van der Waals surface area contributed by atoms with E-state index in [2.05, 4.69) is 95.0 Å². The predicted molar refractivity (Wildman–Crippen MR) is 113 cm³/mol. The van der Waals surface area contributed by atoms with Crippen LogP contribution in [0.15, 0.2) is 78.9 Å². The van der Waals surface area contributed by atoms with Crippen LogP contribution in [-0.2, 0) is 20.0 Å². The highest BCUT2D eigenvalue weighted by molar-refractivity contribution is 6.07. The zero-order valence-corrected chi connectivity index (χ0v) is 15.3. The first kappa shape index (κ1) is 14.9. The number of para-hydroxylation sites is 2. The summed E-state index contributed by atoms with van der Waals surface area (Å²) >= 11 is 0. The molecule has 0 bridgehead atoms. The van der Waals surface area contributed by atoms with Crippen molar-refractivity contribution in [3.05, 3.63) is 84.4 Å². The first-order valence-corrected chi connectivity index (χ1v) is 9.58. The smallest absolute Gasteiger partial charge is 0.0741 e. The first-order valence-electron chi connectivity index (χ1n) is 9.58. The molecule has 0 amide bonds. The molecule has 0 atom stereocenters. The normalized spacial score (nSPS) is 13.1. The molecule has 5 aromatic rings. The molecule has 3 aromatic carbocycles. The number of aryl methyl sites for hydroxylation is 3. The lowest BCUT2D eigenvalue weighted by molar-refractivity contribution is 0.703.